The first-order valence-corrected chi connectivity index (χ1v) is 6.04. The van der Waals surface area contributed by atoms with Crippen LogP contribution in [-0.2, 0) is 11.3 Å². The number of nitrogens with zero attached hydrogens (tertiary/aromatic N) is 2. The van der Waals surface area contributed by atoms with E-state index < -0.39 is 4.92 Å². The highest BCUT2D eigenvalue weighted by Crippen LogP contribution is 2.15. The second kappa shape index (κ2) is 7.49. The van der Waals surface area contributed by atoms with Crippen molar-refractivity contribution in [3.8, 4) is 0 Å². The SMILES string of the molecule is Cc1ccc[n+](CC(=O)Nc2ccc([N+](=O)[O-])cc2)c1.[Br-]. The third-order valence-corrected chi connectivity index (χ3v) is 2.69. The fourth-order valence-electron chi connectivity index (χ4n) is 1.78. The third kappa shape index (κ3) is 4.96. The van der Waals surface area contributed by atoms with Gasteiger partial charge in [0.25, 0.3) is 11.6 Å². The number of non-ortho nitro benzene ring substituents is 1. The fourth-order valence-corrected chi connectivity index (χ4v) is 1.78. The van der Waals surface area contributed by atoms with Gasteiger partial charge in [-0.15, -0.1) is 0 Å². The molecule has 6 nitrogen and oxygen atoms in total. The summed E-state index contributed by atoms with van der Waals surface area (Å²) in [6.07, 6.45) is 3.68. The summed E-state index contributed by atoms with van der Waals surface area (Å²) in [6.45, 7) is 2.14. The van der Waals surface area contributed by atoms with Crippen molar-refractivity contribution in [3.05, 3.63) is 64.5 Å². The van der Waals surface area contributed by atoms with Crippen molar-refractivity contribution < 1.29 is 31.3 Å². The summed E-state index contributed by atoms with van der Waals surface area (Å²) < 4.78 is 1.77. The molecule has 1 aromatic heterocycles. The number of hydrogen-bond donors (Lipinski definition) is 1. The molecule has 0 unspecified atom stereocenters. The lowest BCUT2D eigenvalue weighted by atomic mass is 10.3. The van der Waals surface area contributed by atoms with Crippen LogP contribution in [-0.4, -0.2) is 10.8 Å². The molecule has 2 aromatic rings. The normalized spacial score (nSPS) is 9.57. The van der Waals surface area contributed by atoms with Crippen LogP contribution in [0.15, 0.2) is 48.8 Å². The minimum absolute atomic E-state index is 0. The first kappa shape index (κ1) is 16.8. The van der Waals surface area contributed by atoms with Gasteiger partial charge in [0, 0.05) is 29.4 Å². The zero-order valence-electron chi connectivity index (χ0n) is 11.3. The van der Waals surface area contributed by atoms with Gasteiger partial charge in [0.2, 0.25) is 6.54 Å². The number of rotatable bonds is 4. The standard InChI is InChI=1S/C14H13N3O3.BrH/c1-11-3-2-8-16(9-11)10-14(18)15-12-4-6-13(7-5-12)17(19)20;/h2-9H,10H2,1H3;1H. The molecular formula is C14H14BrN3O3. The number of nitro benzene ring substituents is 1. The van der Waals surface area contributed by atoms with E-state index in [9.17, 15) is 14.9 Å². The number of anilines is 1. The minimum atomic E-state index is -0.478. The van der Waals surface area contributed by atoms with E-state index in [1.54, 1.807) is 4.57 Å². The average molecular weight is 352 g/mol. The van der Waals surface area contributed by atoms with Gasteiger partial charge < -0.3 is 22.3 Å². The van der Waals surface area contributed by atoms with E-state index in [1.165, 1.54) is 24.3 Å². The average Bonchev–Trinajstić information content (AvgIpc) is 2.39. The van der Waals surface area contributed by atoms with Gasteiger partial charge in [-0.25, -0.2) is 0 Å². The van der Waals surface area contributed by atoms with E-state index in [-0.39, 0.29) is 35.1 Å². The maximum atomic E-state index is 11.8. The Morgan fingerprint density at radius 3 is 2.52 bits per heavy atom. The molecule has 0 radical (unpaired) electrons. The van der Waals surface area contributed by atoms with Crippen molar-refractivity contribution in [2.75, 3.05) is 5.32 Å². The van der Waals surface area contributed by atoms with Crippen LogP contribution in [0.1, 0.15) is 5.56 Å². The molecule has 0 aliphatic carbocycles. The lowest BCUT2D eigenvalue weighted by molar-refractivity contribution is -0.684. The summed E-state index contributed by atoms with van der Waals surface area (Å²) in [7, 11) is 0. The molecule has 0 atom stereocenters. The van der Waals surface area contributed by atoms with Gasteiger partial charge in [-0.3, -0.25) is 14.9 Å². The number of hydrogen-bond acceptors (Lipinski definition) is 3. The number of carbonyl (C=O) groups is 1. The predicted molar refractivity (Wildman–Crippen MR) is 73.1 cm³/mol. The summed E-state index contributed by atoms with van der Waals surface area (Å²) in [4.78, 5) is 21.9. The number of pyridine rings is 1. The van der Waals surface area contributed by atoms with Gasteiger partial charge in [0.05, 0.1) is 4.92 Å². The number of benzene rings is 1. The van der Waals surface area contributed by atoms with E-state index in [0.717, 1.165) is 5.56 Å². The Hall–Kier alpha value is -2.28. The van der Waals surface area contributed by atoms with Gasteiger partial charge >= 0.3 is 0 Å². The lowest BCUT2D eigenvalue weighted by Crippen LogP contribution is -3.00. The Kier molecular flexibility index (Phi) is 5.98. The lowest BCUT2D eigenvalue weighted by Gasteiger charge is -2.03. The van der Waals surface area contributed by atoms with Crippen molar-refractivity contribution in [2.45, 2.75) is 13.5 Å². The van der Waals surface area contributed by atoms with Crippen LogP contribution < -0.4 is 26.9 Å². The minimum Gasteiger partial charge on any atom is -1.00 e. The molecule has 0 saturated carbocycles. The Balaban J connectivity index is 0.00000220. The van der Waals surface area contributed by atoms with Gasteiger partial charge in [0.15, 0.2) is 12.4 Å². The monoisotopic (exact) mass is 351 g/mol. The molecule has 1 N–H and O–H groups in total. The van der Waals surface area contributed by atoms with Crippen LogP contribution in [0.3, 0.4) is 0 Å². The quantitative estimate of drug-likeness (QED) is 0.428. The number of nitrogens with one attached hydrogen (secondary N) is 1. The number of aryl methyl sites for hydroxylation is 1. The van der Waals surface area contributed by atoms with Crippen molar-refractivity contribution in [1.82, 2.24) is 0 Å². The number of nitro groups is 1. The molecule has 1 aromatic carbocycles. The molecule has 1 amide bonds. The number of aromatic nitrogens is 1. The number of halogens is 1. The summed E-state index contributed by atoms with van der Waals surface area (Å²) in [5.74, 6) is -0.186. The summed E-state index contributed by atoms with van der Waals surface area (Å²) >= 11 is 0. The van der Waals surface area contributed by atoms with Crippen LogP contribution in [0.4, 0.5) is 11.4 Å². The molecule has 0 aliphatic heterocycles. The third-order valence-electron chi connectivity index (χ3n) is 2.69. The molecule has 0 fully saturated rings. The van der Waals surface area contributed by atoms with Gasteiger partial charge in [-0.1, -0.05) is 0 Å². The van der Waals surface area contributed by atoms with Gasteiger partial charge in [-0.05, 0) is 25.1 Å². The highest BCUT2D eigenvalue weighted by molar-refractivity contribution is 5.89. The molecule has 2 rings (SSSR count). The first-order chi connectivity index (χ1) is 9.54. The van der Waals surface area contributed by atoms with Crippen LogP contribution in [0.2, 0.25) is 0 Å². The fraction of sp³-hybridized carbons (Fsp3) is 0.143. The van der Waals surface area contributed by atoms with E-state index in [1.807, 2.05) is 31.5 Å². The van der Waals surface area contributed by atoms with Gasteiger partial charge in [0.1, 0.15) is 0 Å². The second-order valence-electron chi connectivity index (χ2n) is 4.41. The first-order valence-electron chi connectivity index (χ1n) is 6.04. The highest BCUT2D eigenvalue weighted by Gasteiger charge is 2.10. The summed E-state index contributed by atoms with van der Waals surface area (Å²) in [5, 5.41) is 13.2. The van der Waals surface area contributed by atoms with Crippen LogP contribution >= 0.6 is 0 Å². The molecule has 21 heavy (non-hydrogen) atoms. The molecular weight excluding hydrogens is 338 g/mol. The van der Waals surface area contributed by atoms with Crippen molar-refractivity contribution >= 4 is 17.3 Å². The molecule has 7 heteroatoms. The molecule has 110 valence electrons. The predicted octanol–water partition coefficient (Wildman–Crippen LogP) is -1.17. The zero-order chi connectivity index (χ0) is 14.5. The molecule has 0 bridgehead atoms. The van der Waals surface area contributed by atoms with E-state index in [4.69, 9.17) is 0 Å². The van der Waals surface area contributed by atoms with E-state index >= 15 is 0 Å². The number of carbonyl (C=O) groups excluding carboxylic acids is 1. The summed E-state index contributed by atoms with van der Waals surface area (Å²) in [5.41, 5.74) is 1.60. The van der Waals surface area contributed by atoms with Crippen LogP contribution in [0.25, 0.3) is 0 Å². The second-order valence-corrected chi connectivity index (χ2v) is 4.41. The maximum Gasteiger partial charge on any atom is 0.290 e. The van der Waals surface area contributed by atoms with Gasteiger partial charge in [-0.2, -0.15) is 4.57 Å². The molecule has 0 spiro atoms. The van der Waals surface area contributed by atoms with E-state index in [0.29, 0.717) is 5.69 Å². The maximum absolute atomic E-state index is 11.8. The Labute approximate surface area is 132 Å². The van der Waals surface area contributed by atoms with Crippen molar-refractivity contribution in [1.29, 1.82) is 0 Å². The highest BCUT2D eigenvalue weighted by atomic mass is 79.9. The number of amides is 1. The largest absolute Gasteiger partial charge is 1.00 e. The van der Waals surface area contributed by atoms with Crippen LogP contribution in [0, 0.1) is 17.0 Å². The van der Waals surface area contributed by atoms with Crippen LogP contribution in [0.5, 0.6) is 0 Å². The Morgan fingerprint density at radius 1 is 1.29 bits per heavy atom. The van der Waals surface area contributed by atoms with E-state index in [2.05, 4.69) is 5.32 Å². The molecule has 0 saturated heterocycles. The van der Waals surface area contributed by atoms with Crippen molar-refractivity contribution in [2.24, 2.45) is 0 Å². The zero-order valence-corrected chi connectivity index (χ0v) is 12.9. The smallest absolute Gasteiger partial charge is 0.290 e. The Bertz CT molecular complexity index is 644. The topological polar surface area (TPSA) is 76.1 Å². The Morgan fingerprint density at radius 2 is 1.95 bits per heavy atom. The summed E-state index contributed by atoms with van der Waals surface area (Å²) in [6, 6.07) is 9.55. The van der Waals surface area contributed by atoms with Crippen molar-refractivity contribution in [3.63, 3.8) is 0 Å². The molecule has 0 aliphatic rings. The molecule has 1 heterocycles.